The van der Waals surface area contributed by atoms with Crippen molar-refractivity contribution in [1.29, 1.82) is 0 Å². The maximum Gasteiger partial charge on any atom is 0.153 e. The van der Waals surface area contributed by atoms with E-state index in [-0.39, 0.29) is 0 Å². The van der Waals surface area contributed by atoms with E-state index in [0.717, 1.165) is 23.7 Å². The highest BCUT2D eigenvalue weighted by Crippen LogP contribution is 2.14. The number of hydrogen-bond acceptors (Lipinski definition) is 4. The van der Waals surface area contributed by atoms with Crippen molar-refractivity contribution in [1.82, 2.24) is 20.2 Å². The lowest BCUT2D eigenvalue weighted by Gasteiger charge is -2.10. The molecule has 1 aromatic heterocycles. The van der Waals surface area contributed by atoms with Gasteiger partial charge in [-0.3, -0.25) is 0 Å². The molecule has 0 fully saturated rings. The van der Waals surface area contributed by atoms with Crippen molar-refractivity contribution in [2.45, 2.75) is 20.8 Å². The van der Waals surface area contributed by atoms with Crippen molar-refractivity contribution in [2.75, 3.05) is 11.9 Å². The molecule has 2 aromatic rings. The quantitative estimate of drug-likeness (QED) is 0.874. The molecular weight excluding hydrogens is 214 g/mol. The van der Waals surface area contributed by atoms with Gasteiger partial charge in [0.15, 0.2) is 5.82 Å². The van der Waals surface area contributed by atoms with Gasteiger partial charge in [-0.15, -0.1) is 5.10 Å². The average Bonchev–Trinajstić information content (AvgIpc) is 2.73. The Kier molecular flexibility index (Phi) is 3.37. The number of nitrogens with zero attached hydrogens (tertiary/aromatic N) is 4. The third-order valence-electron chi connectivity index (χ3n) is 2.43. The van der Waals surface area contributed by atoms with Crippen molar-refractivity contribution >= 4 is 5.69 Å². The zero-order chi connectivity index (χ0) is 12.3. The lowest BCUT2D eigenvalue weighted by molar-refractivity contribution is 0.688. The van der Waals surface area contributed by atoms with Gasteiger partial charge in [-0.25, -0.2) is 0 Å². The summed E-state index contributed by atoms with van der Waals surface area (Å²) in [5.41, 5.74) is 2.06. The minimum Gasteiger partial charge on any atom is -0.385 e. The van der Waals surface area contributed by atoms with Crippen LogP contribution in [0.2, 0.25) is 0 Å². The Bertz CT molecular complexity index is 489. The van der Waals surface area contributed by atoms with Crippen LogP contribution in [0.1, 0.15) is 19.7 Å². The number of anilines is 1. The van der Waals surface area contributed by atoms with Crippen LogP contribution in [0.4, 0.5) is 5.69 Å². The van der Waals surface area contributed by atoms with Gasteiger partial charge >= 0.3 is 0 Å². The number of hydrogen-bond donors (Lipinski definition) is 1. The average molecular weight is 231 g/mol. The van der Waals surface area contributed by atoms with Crippen LogP contribution in [0, 0.1) is 12.8 Å². The van der Waals surface area contributed by atoms with Gasteiger partial charge in [0, 0.05) is 12.2 Å². The molecule has 2 rings (SSSR count). The lowest BCUT2D eigenvalue weighted by atomic mass is 10.2. The van der Waals surface area contributed by atoms with E-state index in [1.807, 2.05) is 31.2 Å². The van der Waals surface area contributed by atoms with E-state index in [9.17, 15) is 0 Å². The number of tetrazole rings is 1. The van der Waals surface area contributed by atoms with E-state index in [1.165, 1.54) is 0 Å². The zero-order valence-electron chi connectivity index (χ0n) is 10.4. The van der Waals surface area contributed by atoms with Gasteiger partial charge in [-0.2, -0.15) is 4.68 Å². The Hall–Kier alpha value is -1.91. The molecule has 1 aromatic carbocycles. The van der Waals surface area contributed by atoms with Crippen LogP contribution in [0.15, 0.2) is 24.3 Å². The summed E-state index contributed by atoms with van der Waals surface area (Å²) in [6.45, 7) is 7.21. The van der Waals surface area contributed by atoms with Crippen molar-refractivity contribution in [2.24, 2.45) is 5.92 Å². The van der Waals surface area contributed by atoms with Crippen LogP contribution in [0.5, 0.6) is 0 Å². The van der Waals surface area contributed by atoms with Gasteiger partial charge in [-0.05, 0) is 41.5 Å². The fourth-order valence-electron chi connectivity index (χ4n) is 1.54. The first-order valence-corrected chi connectivity index (χ1v) is 5.76. The predicted octanol–water partition coefficient (Wildman–Crippen LogP) is 2.04. The monoisotopic (exact) mass is 231 g/mol. The van der Waals surface area contributed by atoms with Crippen molar-refractivity contribution in [3.8, 4) is 5.69 Å². The summed E-state index contributed by atoms with van der Waals surface area (Å²) >= 11 is 0. The summed E-state index contributed by atoms with van der Waals surface area (Å²) in [4.78, 5) is 0. The Labute approximate surface area is 101 Å². The topological polar surface area (TPSA) is 55.6 Å². The maximum absolute atomic E-state index is 3.95. The van der Waals surface area contributed by atoms with Crippen LogP contribution in [0.3, 0.4) is 0 Å². The van der Waals surface area contributed by atoms with Crippen LogP contribution in [-0.2, 0) is 0 Å². The zero-order valence-corrected chi connectivity index (χ0v) is 10.4. The van der Waals surface area contributed by atoms with Crippen LogP contribution >= 0.6 is 0 Å². The molecule has 0 aliphatic heterocycles. The highest BCUT2D eigenvalue weighted by Gasteiger charge is 2.04. The molecule has 0 amide bonds. The Morgan fingerprint density at radius 3 is 2.82 bits per heavy atom. The second-order valence-electron chi connectivity index (χ2n) is 4.46. The van der Waals surface area contributed by atoms with Gasteiger partial charge in [0.05, 0.1) is 5.69 Å². The Morgan fingerprint density at radius 2 is 2.18 bits per heavy atom. The molecule has 0 saturated heterocycles. The number of aromatic nitrogens is 4. The summed E-state index contributed by atoms with van der Waals surface area (Å²) in [5.74, 6) is 1.40. The van der Waals surface area contributed by atoms with Gasteiger partial charge < -0.3 is 5.32 Å². The van der Waals surface area contributed by atoms with Gasteiger partial charge in [0.2, 0.25) is 0 Å². The smallest absolute Gasteiger partial charge is 0.153 e. The van der Waals surface area contributed by atoms with E-state index in [2.05, 4.69) is 34.7 Å². The Balaban J connectivity index is 2.20. The molecular formula is C12H17N5. The molecule has 0 aliphatic carbocycles. The van der Waals surface area contributed by atoms with Crippen LogP contribution < -0.4 is 5.32 Å². The first-order valence-electron chi connectivity index (χ1n) is 5.76. The number of rotatable bonds is 4. The van der Waals surface area contributed by atoms with E-state index in [0.29, 0.717) is 5.92 Å². The van der Waals surface area contributed by atoms with E-state index in [1.54, 1.807) is 4.68 Å². The normalized spacial score (nSPS) is 10.8. The third-order valence-corrected chi connectivity index (χ3v) is 2.43. The molecule has 5 heteroatoms. The third kappa shape index (κ3) is 2.81. The van der Waals surface area contributed by atoms with Crippen molar-refractivity contribution < 1.29 is 0 Å². The number of nitrogens with one attached hydrogen (secondary N) is 1. The highest BCUT2D eigenvalue weighted by atomic mass is 15.5. The first kappa shape index (κ1) is 11.6. The molecule has 1 heterocycles. The maximum atomic E-state index is 3.95. The van der Waals surface area contributed by atoms with Gasteiger partial charge in [0.1, 0.15) is 0 Å². The summed E-state index contributed by atoms with van der Waals surface area (Å²) in [6, 6.07) is 8.08. The summed E-state index contributed by atoms with van der Waals surface area (Å²) in [5, 5.41) is 14.9. The van der Waals surface area contributed by atoms with E-state index in [4.69, 9.17) is 0 Å². The SMILES string of the molecule is Cc1nnnn1-c1cccc(NCC(C)C)c1. The Morgan fingerprint density at radius 1 is 1.35 bits per heavy atom. The summed E-state index contributed by atoms with van der Waals surface area (Å²) in [6.07, 6.45) is 0. The van der Waals surface area contributed by atoms with Crippen molar-refractivity contribution in [3.05, 3.63) is 30.1 Å². The molecule has 0 spiro atoms. The largest absolute Gasteiger partial charge is 0.385 e. The molecule has 0 radical (unpaired) electrons. The fourth-order valence-corrected chi connectivity index (χ4v) is 1.54. The molecule has 0 unspecified atom stereocenters. The van der Waals surface area contributed by atoms with Crippen LogP contribution in [-0.4, -0.2) is 26.8 Å². The van der Waals surface area contributed by atoms with E-state index >= 15 is 0 Å². The molecule has 0 aliphatic rings. The highest BCUT2D eigenvalue weighted by molar-refractivity contribution is 5.50. The summed E-state index contributed by atoms with van der Waals surface area (Å²) in [7, 11) is 0. The minimum atomic E-state index is 0.619. The molecule has 5 nitrogen and oxygen atoms in total. The second kappa shape index (κ2) is 4.95. The fraction of sp³-hybridized carbons (Fsp3) is 0.417. The first-order chi connectivity index (χ1) is 8.16. The number of benzene rings is 1. The molecule has 90 valence electrons. The number of aryl methyl sites for hydroxylation is 1. The molecule has 0 saturated carbocycles. The lowest BCUT2D eigenvalue weighted by Crippen LogP contribution is -2.08. The standard InChI is InChI=1S/C12H17N5/c1-9(2)8-13-11-5-4-6-12(7-11)17-10(3)14-15-16-17/h4-7,9,13H,8H2,1-3H3. The predicted molar refractivity (Wildman–Crippen MR) is 67.2 cm³/mol. The minimum absolute atomic E-state index is 0.619. The molecule has 17 heavy (non-hydrogen) atoms. The van der Waals surface area contributed by atoms with Crippen LogP contribution in [0.25, 0.3) is 5.69 Å². The van der Waals surface area contributed by atoms with Gasteiger partial charge in [0.25, 0.3) is 0 Å². The molecule has 0 bridgehead atoms. The summed E-state index contributed by atoms with van der Waals surface area (Å²) < 4.78 is 1.72. The second-order valence-corrected chi connectivity index (χ2v) is 4.46. The molecule has 1 N–H and O–H groups in total. The van der Waals surface area contributed by atoms with Crippen molar-refractivity contribution in [3.63, 3.8) is 0 Å². The van der Waals surface area contributed by atoms with E-state index < -0.39 is 0 Å². The molecule has 0 atom stereocenters. The van der Waals surface area contributed by atoms with Gasteiger partial charge in [-0.1, -0.05) is 19.9 Å².